The molecule has 3 nitrogen and oxygen atoms in total. The van der Waals surface area contributed by atoms with Crippen molar-refractivity contribution >= 4 is 6.21 Å². The van der Waals surface area contributed by atoms with Gasteiger partial charge in [-0.1, -0.05) is 0 Å². The molecule has 0 aromatic rings. The number of piperazine rings is 1. The first-order valence-corrected chi connectivity index (χ1v) is 4.92. The number of nitrogens with zero attached hydrogens (tertiary/aromatic N) is 1. The van der Waals surface area contributed by atoms with Crippen LogP contribution in [0.1, 0.15) is 19.3 Å². The van der Waals surface area contributed by atoms with Crippen LogP contribution in [0, 0.1) is 0 Å². The molecule has 0 bridgehead atoms. The van der Waals surface area contributed by atoms with Crippen molar-refractivity contribution < 1.29 is 0 Å². The van der Waals surface area contributed by atoms with Crippen LogP contribution >= 0.6 is 0 Å². The highest BCUT2D eigenvalue weighted by Crippen LogP contribution is 2.13. The first kappa shape index (κ1) is 8.20. The summed E-state index contributed by atoms with van der Waals surface area (Å²) in [4.78, 5) is 4.53. The monoisotopic (exact) mass is 167 g/mol. The Hall–Kier alpha value is -0.410. The molecule has 1 fully saturated rings. The van der Waals surface area contributed by atoms with Crippen LogP contribution in [0.2, 0.25) is 0 Å². The molecule has 12 heavy (non-hydrogen) atoms. The van der Waals surface area contributed by atoms with E-state index in [-0.39, 0.29) is 0 Å². The van der Waals surface area contributed by atoms with Crippen molar-refractivity contribution in [2.45, 2.75) is 31.3 Å². The molecular formula is C9H17N3. The number of hydrogen-bond donors (Lipinski definition) is 2. The average Bonchev–Trinajstić information content (AvgIpc) is 2.21. The van der Waals surface area contributed by atoms with E-state index >= 15 is 0 Å². The van der Waals surface area contributed by atoms with E-state index in [1.807, 2.05) is 0 Å². The predicted molar refractivity (Wildman–Crippen MR) is 50.8 cm³/mol. The molecule has 0 spiro atoms. The number of hydrogen-bond acceptors (Lipinski definition) is 3. The Kier molecular flexibility index (Phi) is 2.74. The van der Waals surface area contributed by atoms with Crippen LogP contribution in [0.5, 0.6) is 0 Å². The summed E-state index contributed by atoms with van der Waals surface area (Å²) < 4.78 is 0. The molecule has 0 aliphatic carbocycles. The first-order valence-electron chi connectivity index (χ1n) is 4.92. The standard InChI is InChI=1S/C9H17N3/c1-2-4-11-8(3-1)9-7-10-5-6-12-9/h4,8-10,12H,1-3,5-7H2. The molecule has 2 atom stereocenters. The summed E-state index contributed by atoms with van der Waals surface area (Å²) in [7, 11) is 0. The predicted octanol–water partition coefficient (Wildman–Crippen LogP) is 0.171. The van der Waals surface area contributed by atoms with Crippen molar-refractivity contribution in [3.63, 3.8) is 0 Å². The third kappa shape index (κ3) is 1.84. The Labute approximate surface area is 73.6 Å². The number of aliphatic imine (C=N–C) groups is 1. The average molecular weight is 167 g/mol. The molecule has 1 saturated heterocycles. The molecule has 68 valence electrons. The lowest BCUT2D eigenvalue weighted by atomic mass is 9.99. The molecule has 2 unspecified atom stereocenters. The van der Waals surface area contributed by atoms with Gasteiger partial charge in [0.2, 0.25) is 0 Å². The minimum atomic E-state index is 0.534. The van der Waals surface area contributed by atoms with Crippen LogP contribution in [0.25, 0.3) is 0 Å². The summed E-state index contributed by atoms with van der Waals surface area (Å²) in [5, 5.41) is 6.91. The summed E-state index contributed by atoms with van der Waals surface area (Å²) in [5.74, 6) is 0. The maximum absolute atomic E-state index is 4.53. The highest BCUT2D eigenvalue weighted by molar-refractivity contribution is 5.58. The smallest absolute Gasteiger partial charge is 0.0661 e. The van der Waals surface area contributed by atoms with Gasteiger partial charge in [-0.15, -0.1) is 0 Å². The lowest BCUT2D eigenvalue weighted by molar-refractivity contribution is 0.348. The van der Waals surface area contributed by atoms with Gasteiger partial charge in [-0.2, -0.15) is 0 Å². The molecular weight excluding hydrogens is 150 g/mol. The second-order valence-electron chi connectivity index (χ2n) is 3.59. The Bertz CT molecular complexity index is 161. The second-order valence-corrected chi connectivity index (χ2v) is 3.59. The van der Waals surface area contributed by atoms with Gasteiger partial charge in [0, 0.05) is 25.7 Å². The second kappa shape index (κ2) is 4.01. The molecule has 0 aromatic carbocycles. The first-order chi connectivity index (χ1) is 5.97. The zero-order valence-corrected chi connectivity index (χ0v) is 7.42. The minimum Gasteiger partial charge on any atom is -0.314 e. The fourth-order valence-electron chi connectivity index (χ4n) is 1.96. The van der Waals surface area contributed by atoms with Crippen LogP contribution in [-0.2, 0) is 0 Å². The summed E-state index contributed by atoms with van der Waals surface area (Å²) in [6.45, 7) is 3.28. The number of rotatable bonds is 1. The van der Waals surface area contributed by atoms with Gasteiger partial charge in [0.1, 0.15) is 0 Å². The van der Waals surface area contributed by atoms with Gasteiger partial charge in [0.25, 0.3) is 0 Å². The van der Waals surface area contributed by atoms with Crippen LogP contribution in [0.4, 0.5) is 0 Å². The molecule has 0 radical (unpaired) electrons. The third-order valence-corrected chi connectivity index (χ3v) is 2.67. The molecule has 0 aromatic heterocycles. The fourth-order valence-corrected chi connectivity index (χ4v) is 1.96. The van der Waals surface area contributed by atoms with Crippen molar-refractivity contribution in [1.82, 2.24) is 10.6 Å². The van der Waals surface area contributed by atoms with Crippen LogP contribution in [0.3, 0.4) is 0 Å². The fraction of sp³-hybridized carbons (Fsp3) is 0.889. The van der Waals surface area contributed by atoms with E-state index in [0.717, 1.165) is 19.6 Å². The summed E-state index contributed by atoms with van der Waals surface area (Å²) in [6, 6.07) is 1.11. The van der Waals surface area contributed by atoms with Gasteiger partial charge < -0.3 is 10.6 Å². The molecule has 2 aliphatic rings. The quantitative estimate of drug-likeness (QED) is 0.584. The molecule has 2 rings (SSSR count). The van der Waals surface area contributed by atoms with Crippen LogP contribution < -0.4 is 10.6 Å². The number of nitrogens with one attached hydrogen (secondary N) is 2. The molecule has 0 amide bonds. The van der Waals surface area contributed by atoms with E-state index in [2.05, 4.69) is 21.8 Å². The Morgan fingerprint density at radius 1 is 1.33 bits per heavy atom. The zero-order chi connectivity index (χ0) is 8.23. The Morgan fingerprint density at radius 2 is 2.33 bits per heavy atom. The Morgan fingerprint density at radius 3 is 3.00 bits per heavy atom. The molecule has 2 N–H and O–H groups in total. The molecule has 2 heterocycles. The van der Waals surface area contributed by atoms with Crippen molar-refractivity contribution in [3.8, 4) is 0 Å². The van der Waals surface area contributed by atoms with E-state index < -0.39 is 0 Å². The normalized spacial score (nSPS) is 36.7. The van der Waals surface area contributed by atoms with E-state index in [9.17, 15) is 0 Å². The lowest BCUT2D eigenvalue weighted by Gasteiger charge is -2.30. The van der Waals surface area contributed by atoms with Gasteiger partial charge in [0.05, 0.1) is 6.04 Å². The van der Waals surface area contributed by atoms with E-state index in [1.54, 1.807) is 0 Å². The lowest BCUT2D eigenvalue weighted by Crippen LogP contribution is -2.53. The molecule has 3 heteroatoms. The topological polar surface area (TPSA) is 36.4 Å². The van der Waals surface area contributed by atoms with Gasteiger partial charge in [-0.05, 0) is 25.5 Å². The van der Waals surface area contributed by atoms with Gasteiger partial charge >= 0.3 is 0 Å². The molecule has 0 saturated carbocycles. The van der Waals surface area contributed by atoms with E-state index in [0.29, 0.717) is 12.1 Å². The van der Waals surface area contributed by atoms with Crippen molar-refractivity contribution in [3.05, 3.63) is 0 Å². The van der Waals surface area contributed by atoms with E-state index in [1.165, 1.54) is 19.3 Å². The van der Waals surface area contributed by atoms with Gasteiger partial charge in [0.15, 0.2) is 0 Å². The van der Waals surface area contributed by atoms with Crippen molar-refractivity contribution in [2.24, 2.45) is 4.99 Å². The van der Waals surface area contributed by atoms with E-state index in [4.69, 9.17) is 0 Å². The van der Waals surface area contributed by atoms with Crippen LogP contribution in [0.15, 0.2) is 4.99 Å². The van der Waals surface area contributed by atoms with Crippen LogP contribution in [-0.4, -0.2) is 37.9 Å². The van der Waals surface area contributed by atoms with Crippen molar-refractivity contribution in [2.75, 3.05) is 19.6 Å². The SMILES string of the molecule is C1=NC(C2CNCCN2)CCC1. The highest BCUT2D eigenvalue weighted by atomic mass is 15.1. The maximum atomic E-state index is 4.53. The largest absolute Gasteiger partial charge is 0.314 e. The third-order valence-electron chi connectivity index (χ3n) is 2.67. The van der Waals surface area contributed by atoms with Gasteiger partial charge in [-0.3, -0.25) is 4.99 Å². The summed E-state index contributed by atoms with van der Waals surface area (Å²) in [5.41, 5.74) is 0. The Balaban J connectivity index is 1.88. The molecule has 2 aliphatic heterocycles. The van der Waals surface area contributed by atoms with Crippen molar-refractivity contribution in [1.29, 1.82) is 0 Å². The maximum Gasteiger partial charge on any atom is 0.0661 e. The zero-order valence-electron chi connectivity index (χ0n) is 7.42. The summed E-state index contributed by atoms with van der Waals surface area (Å²) >= 11 is 0. The minimum absolute atomic E-state index is 0.534. The van der Waals surface area contributed by atoms with Gasteiger partial charge in [-0.25, -0.2) is 0 Å². The summed E-state index contributed by atoms with van der Waals surface area (Å²) in [6.07, 6.45) is 5.84. The highest BCUT2D eigenvalue weighted by Gasteiger charge is 2.22.